The van der Waals surface area contributed by atoms with Gasteiger partial charge in [0.05, 0.1) is 0 Å². The van der Waals surface area contributed by atoms with Crippen LogP contribution in [-0.4, -0.2) is 45.0 Å². The molecule has 1 fully saturated rings. The van der Waals surface area contributed by atoms with Gasteiger partial charge in [-0.1, -0.05) is 11.6 Å². The highest BCUT2D eigenvalue weighted by atomic mass is 35.5. The Bertz CT molecular complexity index is 527. The van der Waals surface area contributed by atoms with E-state index in [1.54, 1.807) is 12.1 Å². The van der Waals surface area contributed by atoms with Gasteiger partial charge in [-0.25, -0.2) is 9.59 Å². The molecule has 23 heavy (non-hydrogen) atoms. The first kappa shape index (κ1) is 19.5. The molecular weight excluding hydrogens is 342 g/mol. The molecule has 2 rings (SSSR count). The van der Waals surface area contributed by atoms with Crippen molar-refractivity contribution in [3.63, 3.8) is 0 Å². The topological polar surface area (TPSA) is 110 Å². The van der Waals surface area contributed by atoms with E-state index in [4.69, 9.17) is 21.8 Å². The fraction of sp³-hybridized carbons (Fsp3) is 0.333. The lowest BCUT2D eigenvalue weighted by molar-refractivity contribution is -0.134. The molecule has 126 valence electrons. The molecule has 1 saturated heterocycles. The molecule has 8 heteroatoms. The van der Waals surface area contributed by atoms with Gasteiger partial charge >= 0.3 is 11.9 Å². The van der Waals surface area contributed by atoms with E-state index in [0.717, 1.165) is 30.8 Å². The van der Waals surface area contributed by atoms with Gasteiger partial charge < -0.3 is 20.1 Å². The smallest absolute Gasteiger partial charge is 0.328 e. The number of hydrogen-bond donors (Lipinski definition) is 3. The monoisotopic (exact) mass is 359 g/mol. The van der Waals surface area contributed by atoms with Gasteiger partial charge in [-0.2, -0.15) is 0 Å². The summed E-state index contributed by atoms with van der Waals surface area (Å²) in [4.78, 5) is 20.0. The molecule has 0 saturated carbocycles. The van der Waals surface area contributed by atoms with Crippen LogP contribution in [0.25, 0.3) is 0 Å². The minimum absolute atomic E-state index is 0.250. The minimum Gasteiger partial charge on any atom is -0.611 e. The minimum atomic E-state index is -1.26. The van der Waals surface area contributed by atoms with Crippen LogP contribution in [0.2, 0.25) is 5.02 Å². The van der Waals surface area contributed by atoms with Crippen LogP contribution in [0.15, 0.2) is 41.3 Å². The summed E-state index contributed by atoms with van der Waals surface area (Å²) in [7, 11) is 0. The van der Waals surface area contributed by atoms with E-state index in [1.807, 2.05) is 12.1 Å². The van der Waals surface area contributed by atoms with Crippen LogP contribution in [0.3, 0.4) is 0 Å². The molecule has 1 aromatic rings. The number of halogens is 1. The SMILES string of the molecule is O=C(O)C=CC(=O)O.[O-][S+](c1ccc(Cl)cc1)C1CCCNC1. The highest BCUT2D eigenvalue weighted by Crippen LogP contribution is 2.22. The van der Waals surface area contributed by atoms with Crippen LogP contribution in [0.1, 0.15) is 12.8 Å². The second-order valence-electron chi connectivity index (χ2n) is 4.73. The summed E-state index contributed by atoms with van der Waals surface area (Å²) in [5.74, 6) is -2.51. The molecule has 1 aliphatic rings. The van der Waals surface area contributed by atoms with Crippen LogP contribution in [0.5, 0.6) is 0 Å². The number of carbonyl (C=O) groups is 2. The van der Waals surface area contributed by atoms with Crippen LogP contribution in [0.4, 0.5) is 0 Å². The number of carboxylic acids is 2. The Labute approximate surface area is 142 Å². The molecule has 0 radical (unpaired) electrons. The molecule has 0 bridgehead atoms. The summed E-state index contributed by atoms with van der Waals surface area (Å²) in [5.41, 5.74) is 0. The van der Waals surface area contributed by atoms with Crippen molar-refractivity contribution in [2.24, 2.45) is 0 Å². The highest BCUT2D eigenvalue weighted by Gasteiger charge is 2.26. The van der Waals surface area contributed by atoms with Crippen molar-refractivity contribution in [1.29, 1.82) is 0 Å². The summed E-state index contributed by atoms with van der Waals surface area (Å²) < 4.78 is 12.1. The summed E-state index contributed by atoms with van der Waals surface area (Å²) >= 11 is 4.89. The van der Waals surface area contributed by atoms with Gasteiger partial charge in [0, 0.05) is 23.7 Å². The van der Waals surface area contributed by atoms with Gasteiger partial charge in [0.2, 0.25) is 0 Å². The average Bonchev–Trinajstić information content (AvgIpc) is 2.54. The first-order valence-electron chi connectivity index (χ1n) is 6.91. The summed E-state index contributed by atoms with van der Waals surface area (Å²) in [6.07, 6.45) is 3.27. The first-order valence-corrected chi connectivity index (χ1v) is 8.50. The number of aliphatic carboxylic acids is 2. The van der Waals surface area contributed by atoms with Gasteiger partial charge in [-0.05, 0) is 54.8 Å². The maximum atomic E-state index is 12.1. The van der Waals surface area contributed by atoms with Crippen molar-refractivity contribution in [1.82, 2.24) is 5.32 Å². The number of carboxylic acid groups (broad SMARTS) is 2. The Morgan fingerprint density at radius 3 is 2.22 bits per heavy atom. The fourth-order valence-corrected chi connectivity index (χ4v) is 3.47. The van der Waals surface area contributed by atoms with Crippen molar-refractivity contribution in [3.8, 4) is 0 Å². The Morgan fingerprint density at radius 2 is 1.78 bits per heavy atom. The van der Waals surface area contributed by atoms with Crippen LogP contribution >= 0.6 is 11.6 Å². The molecule has 1 heterocycles. The summed E-state index contributed by atoms with van der Waals surface area (Å²) in [5, 5.41) is 19.8. The van der Waals surface area contributed by atoms with Gasteiger partial charge in [-0.3, -0.25) is 0 Å². The van der Waals surface area contributed by atoms with Crippen LogP contribution in [-0.2, 0) is 20.8 Å². The molecule has 2 unspecified atom stereocenters. The Balaban J connectivity index is 0.000000284. The number of nitrogens with one attached hydrogen (secondary N) is 1. The number of benzene rings is 1. The van der Waals surface area contributed by atoms with Gasteiger partial charge in [-0.15, -0.1) is 0 Å². The molecule has 6 nitrogen and oxygen atoms in total. The zero-order valence-corrected chi connectivity index (χ0v) is 13.8. The molecular formula is C15H18ClNO5S. The predicted octanol–water partition coefficient (Wildman–Crippen LogP) is 1.91. The zero-order chi connectivity index (χ0) is 17.2. The Hall–Kier alpha value is -1.54. The molecule has 3 N–H and O–H groups in total. The Kier molecular flexibility index (Phi) is 8.71. The van der Waals surface area contributed by atoms with E-state index >= 15 is 0 Å². The highest BCUT2D eigenvalue weighted by molar-refractivity contribution is 7.92. The van der Waals surface area contributed by atoms with Crippen LogP contribution in [0, 0.1) is 0 Å². The third-order valence-corrected chi connectivity index (χ3v) is 4.97. The van der Waals surface area contributed by atoms with Gasteiger partial charge in [0.25, 0.3) is 0 Å². The zero-order valence-electron chi connectivity index (χ0n) is 12.3. The van der Waals surface area contributed by atoms with Crippen LogP contribution < -0.4 is 5.32 Å². The van der Waals surface area contributed by atoms with Crippen molar-refractivity contribution in [3.05, 3.63) is 41.4 Å². The molecule has 1 aromatic carbocycles. The summed E-state index contributed by atoms with van der Waals surface area (Å²) in [6, 6.07) is 7.30. The van der Waals surface area contributed by atoms with E-state index in [1.165, 1.54) is 0 Å². The molecule has 0 aliphatic carbocycles. The van der Waals surface area contributed by atoms with Crippen molar-refractivity contribution < 1.29 is 24.4 Å². The third-order valence-electron chi connectivity index (χ3n) is 2.97. The quantitative estimate of drug-likeness (QED) is 0.559. The largest absolute Gasteiger partial charge is 0.611 e. The lowest BCUT2D eigenvalue weighted by Crippen LogP contribution is -2.38. The van der Waals surface area contributed by atoms with E-state index in [0.29, 0.717) is 17.2 Å². The fourth-order valence-electron chi connectivity index (χ4n) is 1.91. The maximum absolute atomic E-state index is 12.1. The maximum Gasteiger partial charge on any atom is 0.328 e. The molecule has 0 spiro atoms. The van der Waals surface area contributed by atoms with Crippen molar-refractivity contribution >= 4 is 34.7 Å². The second-order valence-corrected chi connectivity index (χ2v) is 6.90. The molecule has 1 aliphatic heterocycles. The first-order chi connectivity index (χ1) is 10.9. The van der Waals surface area contributed by atoms with Crippen molar-refractivity contribution in [2.45, 2.75) is 23.0 Å². The average molecular weight is 360 g/mol. The van der Waals surface area contributed by atoms with Crippen molar-refractivity contribution in [2.75, 3.05) is 13.1 Å². The Morgan fingerprint density at radius 1 is 1.22 bits per heavy atom. The van der Waals surface area contributed by atoms with E-state index < -0.39 is 23.1 Å². The second kappa shape index (κ2) is 10.3. The van der Waals surface area contributed by atoms with E-state index in [9.17, 15) is 14.1 Å². The number of rotatable bonds is 4. The lowest BCUT2D eigenvalue weighted by Gasteiger charge is -2.25. The molecule has 0 amide bonds. The molecule has 2 atom stereocenters. The standard InChI is InChI=1S/C11H14ClNOS.C4H4O4/c12-9-3-5-10(6-4-9)15(14)11-2-1-7-13-8-11;5-3(6)1-2-4(7)8/h3-6,11,13H,1-2,7-8H2;1-2H,(H,5,6)(H,7,8). The number of piperidine rings is 1. The predicted molar refractivity (Wildman–Crippen MR) is 88.2 cm³/mol. The van der Waals surface area contributed by atoms with E-state index in [2.05, 4.69) is 5.32 Å². The lowest BCUT2D eigenvalue weighted by atomic mass is 10.2. The normalized spacial score (nSPS) is 18.8. The third kappa shape index (κ3) is 8.03. The van der Waals surface area contributed by atoms with E-state index in [-0.39, 0.29) is 5.25 Å². The van der Waals surface area contributed by atoms with Gasteiger partial charge in [0.1, 0.15) is 5.25 Å². The van der Waals surface area contributed by atoms with Gasteiger partial charge in [0.15, 0.2) is 4.90 Å². The number of hydrogen-bond acceptors (Lipinski definition) is 4. The summed E-state index contributed by atoms with van der Waals surface area (Å²) in [6.45, 7) is 1.91. The molecule has 0 aromatic heterocycles.